The molecule has 1 aromatic rings. The Morgan fingerprint density at radius 3 is 2.71 bits per heavy atom. The van der Waals surface area contributed by atoms with E-state index in [1.54, 1.807) is 4.90 Å². The lowest BCUT2D eigenvalue weighted by Gasteiger charge is -2.35. The lowest BCUT2D eigenvalue weighted by molar-refractivity contribution is -0.144. The van der Waals surface area contributed by atoms with E-state index in [-0.39, 0.29) is 18.4 Å². The first-order valence-electron chi connectivity index (χ1n) is 7.06. The van der Waals surface area contributed by atoms with Crippen molar-refractivity contribution in [3.63, 3.8) is 0 Å². The third-order valence-electron chi connectivity index (χ3n) is 3.64. The molecule has 1 N–H and O–H groups in total. The van der Waals surface area contributed by atoms with Crippen LogP contribution >= 0.6 is 23.5 Å². The van der Waals surface area contributed by atoms with E-state index < -0.39 is 6.04 Å². The number of hydrogen-bond acceptors (Lipinski definition) is 4. The standard InChI is InChI=1S/C15H18N2O2S2/c18-13-9-17(8-12-10-20-6-7-21-12)15(19)14(16-13)11-4-2-1-3-5-11/h1-5,12,14H,6-10H2,(H,16,18). The Morgan fingerprint density at radius 2 is 2.00 bits per heavy atom. The molecule has 6 heteroatoms. The quantitative estimate of drug-likeness (QED) is 0.917. The van der Waals surface area contributed by atoms with Gasteiger partial charge in [0.25, 0.3) is 0 Å². The highest BCUT2D eigenvalue weighted by atomic mass is 32.2. The van der Waals surface area contributed by atoms with Crippen molar-refractivity contribution in [3.05, 3.63) is 35.9 Å². The molecule has 2 amide bonds. The molecular weight excluding hydrogens is 304 g/mol. The van der Waals surface area contributed by atoms with Gasteiger partial charge in [-0.2, -0.15) is 23.5 Å². The number of benzene rings is 1. The maximum absolute atomic E-state index is 12.6. The second-order valence-corrected chi connectivity index (χ2v) is 7.76. The fourth-order valence-electron chi connectivity index (χ4n) is 2.62. The highest BCUT2D eigenvalue weighted by Gasteiger charge is 2.34. The Kier molecular flexibility index (Phi) is 4.75. The van der Waals surface area contributed by atoms with E-state index in [0.717, 1.165) is 17.1 Å². The van der Waals surface area contributed by atoms with E-state index in [1.165, 1.54) is 5.75 Å². The van der Waals surface area contributed by atoms with E-state index in [4.69, 9.17) is 0 Å². The van der Waals surface area contributed by atoms with Gasteiger partial charge >= 0.3 is 0 Å². The molecule has 112 valence electrons. The summed E-state index contributed by atoms with van der Waals surface area (Å²) in [4.78, 5) is 26.3. The number of piperazine rings is 1. The smallest absolute Gasteiger partial charge is 0.250 e. The van der Waals surface area contributed by atoms with E-state index >= 15 is 0 Å². The van der Waals surface area contributed by atoms with Gasteiger partial charge in [-0.25, -0.2) is 0 Å². The van der Waals surface area contributed by atoms with Gasteiger partial charge in [-0.05, 0) is 5.56 Å². The van der Waals surface area contributed by atoms with Crippen molar-refractivity contribution >= 4 is 35.3 Å². The predicted octanol–water partition coefficient (Wildman–Crippen LogP) is 1.53. The topological polar surface area (TPSA) is 49.4 Å². The summed E-state index contributed by atoms with van der Waals surface area (Å²) in [5.41, 5.74) is 0.853. The Morgan fingerprint density at radius 1 is 1.19 bits per heavy atom. The Labute approximate surface area is 133 Å². The zero-order chi connectivity index (χ0) is 14.7. The second kappa shape index (κ2) is 6.75. The fraction of sp³-hybridized carbons (Fsp3) is 0.467. The van der Waals surface area contributed by atoms with Crippen LogP contribution in [-0.4, -0.2) is 52.3 Å². The first-order chi connectivity index (χ1) is 10.2. The first-order valence-corrected chi connectivity index (χ1v) is 9.27. The molecule has 0 aliphatic carbocycles. The van der Waals surface area contributed by atoms with Crippen LogP contribution in [0.1, 0.15) is 11.6 Å². The maximum atomic E-state index is 12.6. The molecular formula is C15H18N2O2S2. The zero-order valence-electron chi connectivity index (χ0n) is 11.7. The Hall–Kier alpha value is -1.14. The molecule has 2 unspecified atom stereocenters. The van der Waals surface area contributed by atoms with E-state index in [9.17, 15) is 9.59 Å². The Balaban J connectivity index is 1.72. The van der Waals surface area contributed by atoms with Crippen LogP contribution in [0.2, 0.25) is 0 Å². The number of nitrogens with one attached hydrogen (secondary N) is 1. The fourth-order valence-corrected chi connectivity index (χ4v) is 5.30. The molecule has 0 saturated carbocycles. The average molecular weight is 322 g/mol. The molecule has 2 fully saturated rings. The van der Waals surface area contributed by atoms with Crippen LogP contribution in [0.5, 0.6) is 0 Å². The van der Waals surface area contributed by atoms with Crippen molar-refractivity contribution in [1.82, 2.24) is 10.2 Å². The Bertz CT molecular complexity index is 518. The van der Waals surface area contributed by atoms with Crippen molar-refractivity contribution < 1.29 is 9.59 Å². The highest BCUT2D eigenvalue weighted by Crippen LogP contribution is 2.26. The van der Waals surface area contributed by atoms with E-state index in [1.807, 2.05) is 53.9 Å². The van der Waals surface area contributed by atoms with Gasteiger partial charge in [0.05, 0.1) is 6.54 Å². The molecule has 1 aromatic carbocycles. The van der Waals surface area contributed by atoms with Crippen molar-refractivity contribution in [3.8, 4) is 0 Å². The number of carbonyl (C=O) groups excluding carboxylic acids is 2. The lowest BCUT2D eigenvalue weighted by atomic mass is 10.0. The third-order valence-corrected chi connectivity index (χ3v) is 6.47. The normalized spacial score (nSPS) is 26.6. The van der Waals surface area contributed by atoms with Gasteiger partial charge in [-0.3, -0.25) is 9.59 Å². The molecule has 2 atom stereocenters. The molecule has 0 spiro atoms. The number of nitrogens with zero attached hydrogens (tertiary/aromatic N) is 1. The molecule has 3 rings (SSSR count). The monoisotopic (exact) mass is 322 g/mol. The summed E-state index contributed by atoms with van der Waals surface area (Å²) in [6, 6.07) is 8.93. The van der Waals surface area contributed by atoms with Gasteiger partial charge in [-0.15, -0.1) is 0 Å². The lowest BCUT2D eigenvalue weighted by Crippen LogP contribution is -2.55. The molecule has 0 aromatic heterocycles. The SMILES string of the molecule is O=C1CN(CC2CSCCS2)C(=O)C(c2ccccc2)N1. The van der Waals surface area contributed by atoms with Crippen molar-refractivity contribution in [1.29, 1.82) is 0 Å². The number of rotatable bonds is 3. The molecule has 0 radical (unpaired) electrons. The van der Waals surface area contributed by atoms with Gasteiger partial charge in [0.15, 0.2) is 0 Å². The van der Waals surface area contributed by atoms with Crippen LogP contribution in [-0.2, 0) is 9.59 Å². The van der Waals surface area contributed by atoms with Gasteiger partial charge in [0.1, 0.15) is 6.04 Å². The molecule has 2 saturated heterocycles. The minimum atomic E-state index is -0.534. The third kappa shape index (κ3) is 3.55. The van der Waals surface area contributed by atoms with Crippen LogP contribution < -0.4 is 5.32 Å². The maximum Gasteiger partial charge on any atom is 0.250 e. The van der Waals surface area contributed by atoms with Gasteiger partial charge in [-0.1, -0.05) is 30.3 Å². The van der Waals surface area contributed by atoms with E-state index in [0.29, 0.717) is 11.8 Å². The average Bonchev–Trinajstić information content (AvgIpc) is 2.52. The summed E-state index contributed by atoms with van der Waals surface area (Å²) in [6.07, 6.45) is 0. The predicted molar refractivity (Wildman–Crippen MR) is 87.5 cm³/mol. The molecule has 2 aliphatic rings. The summed E-state index contributed by atoms with van der Waals surface area (Å²) in [7, 11) is 0. The summed E-state index contributed by atoms with van der Waals surface area (Å²) in [5.74, 6) is 3.31. The molecule has 2 aliphatic heterocycles. The van der Waals surface area contributed by atoms with Crippen LogP contribution in [0, 0.1) is 0 Å². The molecule has 21 heavy (non-hydrogen) atoms. The van der Waals surface area contributed by atoms with Crippen molar-refractivity contribution in [2.24, 2.45) is 0 Å². The van der Waals surface area contributed by atoms with Crippen LogP contribution in [0.4, 0.5) is 0 Å². The number of amides is 2. The van der Waals surface area contributed by atoms with E-state index in [2.05, 4.69) is 5.32 Å². The zero-order valence-corrected chi connectivity index (χ0v) is 13.3. The molecule has 4 nitrogen and oxygen atoms in total. The number of carbonyl (C=O) groups is 2. The first kappa shape index (κ1) is 14.8. The van der Waals surface area contributed by atoms with Crippen LogP contribution in [0.25, 0.3) is 0 Å². The van der Waals surface area contributed by atoms with Crippen LogP contribution in [0.3, 0.4) is 0 Å². The summed E-state index contributed by atoms with van der Waals surface area (Å²) < 4.78 is 0. The summed E-state index contributed by atoms with van der Waals surface area (Å²) in [6.45, 7) is 0.858. The minimum absolute atomic E-state index is 0.0111. The van der Waals surface area contributed by atoms with Gasteiger partial charge < -0.3 is 10.2 Å². The van der Waals surface area contributed by atoms with Gasteiger partial charge in [0.2, 0.25) is 11.8 Å². The highest BCUT2D eigenvalue weighted by molar-refractivity contribution is 8.06. The minimum Gasteiger partial charge on any atom is -0.339 e. The molecule has 2 heterocycles. The number of thioether (sulfide) groups is 2. The number of hydrogen-bond donors (Lipinski definition) is 1. The van der Waals surface area contributed by atoms with Crippen molar-refractivity contribution in [2.45, 2.75) is 11.3 Å². The van der Waals surface area contributed by atoms with Gasteiger partial charge in [0, 0.05) is 29.1 Å². The summed E-state index contributed by atoms with van der Waals surface area (Å²) in [5, 5.41) is 3.25. The van der Waals surface area contributed by atoms with Crippen LogP contribution in [0.15, 0.2) is 30.3 Å². The second-order valence-electron chi connectivity index (χ2n) is 5.20. The summed E-state index contributed by atoms with van der Waals surface area (Å²) >= 11 is 3.84. The van der Waals surface area contributed by atoms with Crippen molar-refractivity contribution in [2.75, 3.05) is 30.3 Å². The molecule has 0 bridgehead atoms. The largest absolute Gasteiger partial charge is 0.339 e.